The number of rotatable bonds is 13. The molecule has 1 fully saturated rings. The van der Waals surface area contributed by atoms with Gasteiger partial charge in [0.15, 0.2) is 0 Å². The first kappa shape index (κ1) is 25.7. The number of hydrogen-bond acceptors (Lipinski definition) is 6. The third-order valence-corrected chi connectivity index (χ3v) is 7.24. The van der Waals surface area contributed by atoms with E-state index in [2.05, 4.69) is 5.32 Å². The number of benzene rings is 1. The predicted octanol–water partition coefficient (Wildman–Crippen LogP) is 2.11. The zero-order chi connectivity index (χ0) is 23.7. The van der Waals surface area contributed by atoms with Crippen LogP contribution < -0.4 is 5.32 Å². The van der Waals surface area contributed by atoms with Gasteiger partial charge >= 0.3 is 5.97 Å². The fourth-order valence-electron chi connectivity index (χ4n) is 3.71. The lowest BCUT2D eigenvalue weighted by molar-refractivity contribution is -0.142. The smallest absolute Gasteiger partial charge is 0.326 e. The standard InChI is InChI=1S/C22H31N3O6S/c1-16(23)7-5-10-18(26)12-13-19(22(28)29)24-21(27)20-11-6-14-25(20)32(30,31)15-17-8-3-2-4-9-17/h2-4,8-9,19-20,23H,5-7,10-15H2,1H3,(H,24,27)(H,28,29). The molecule has 10 heteroatoms. The van der Waals surface area contributed by atoms with Crippen molar-refractivity contribution in [2.75, 3.05) is 6.54 Å². The van der Waals surface area contributed by atoms with Gasteiger partial charge in [0.2, 0.25) is 15.9 Å². The summed E-state index contributed by atoms with van der Waals surface area (Å²) < 4.78 is 26.9. The Labute approximate surface area is 188 Å². The summed E-state index contributed by atoms with van der Waals surface area (Å²) >= 11 is 0. The number of carboxylic acid groups (broad SMARTS) is 1. The first-order chi connectivity index (χ1) is 15.1. The number of carbonyl (C=O) groups excluding carboxylic acids is 2. The van der Waals surface area contributed by atoms with Gasteiger partial charge in [-0.05, 0) is 44.6 Å². The van der Waals surface area contributed by atoms with Crippen molar-refractivity contribution >= 4 is 33.4 Å². The number of Topliss-reactive ketones (excluding diaryl/α,β-unsaturated/α-hetero) is 1. The molecule has 1 aliphatic heterocycles. The molecular formula is C22H31N3O6S. The normalized spacial score (nSPS) is 17.6. The topological polar surface area (TPSA) is 145 Å². The van der Waals surface area contributed by atoms with E-state index in [9.17, 15) is 27.9 Å². The van der Waals surface area contributed by atoms with Crippen LogP contribution in [0.1, 0.15) is 57.4 Å². The van der Waals surface area contributed by atoms with Gasteiger partial charge in [-0.15, -0.1) is 0 Å². The Morgan fingerprint density at radius 3 is 2.50 bits per heavy atom. The van der Waals surface area contributed by atoms with E-state index in [-0.39, 0.29) is 37.3 Å². The van der Waals surface area contributed by atoms with Crippen LogP contribution in [-0.2, 0) is 30.2 Å². The van der Waals surface area contributed by atoms with Gasteiger partial charge in [0, 0.05) is 25.1 Å². The third kappa shape index (κ3) is 7.83. The molecule has 0 spiro atoms. The summed E-state index contributed by atoms with van der Waals surface area (Å²) in [5.41, 5.74) is 1.09. The van der Waals surface area contributed by atoms with Crippen LogP contribution in [0.25, 0.3) is 0 Å². The monoisotopic (exact) mass is 465 g/mol. The molecule has 1 amide bonds. The number of carbonyl (C=O) groups is 3. The number of ketones is 1. The van der Waals surface area contributed by atoms with E-state index in [1.165, 1.54) is 0 Å². The van der Waals surface area contributed by atoms with Crippen molar-refractivity contribution in [1.29, 1.82) is 5.41 Å². The van der Waals surface area contributed by atoms with Gasteiger partial charge in [-0.3, -0.25) is 9.59 Å². The van der Waals surface area contributed by atoms with Gasteiger partial charge in [-0.1, -0.05) is 30.3 Å². The van der Waals surface area contributed by atoms with Crippen molar-refractivity contribution in [2.45, 2.75) is 69.7 Å². The van der Waals surface area contributed by atoms with Crippen LogP contribution >= 0.6 is 0 Å². The van der Waals surface area contributed by atoms with Gasteiger partial charge in [0.1, 0.15) is 17.9 Å². The molecule has 0 saturated carbocycles. The Hall–Kier alpha value is -2.59. The second-order valence-electron chi connectivity index (χ2n) is 8.12. The molecule has 176 valence electrons. The summed E-state index contributed by atoms with van der Waals surface area (Å²) in [6.45, 7) is 1.86. The van der Waals surface area contributed by atoms with E-state index in [0.29, 0.717) is 37.0 Å². The lowest BCUT2D eigenvalue weighted by Crippen LogP contribution is -2.51. The van der Waals surface area contributed by atoms with Crippen LogP contribution in [-0.4, -0.2) is 59.8 Å². The lowest BCUT2D eigenvalue weighted by Gasteiger charge is -2.25. The molecule has 1 aliphatic rings. The van der Waals surface area contributed by atoms with Gasteiger partial charge in [-0.2, -0.15) is 4.31 Å². The molecular weight excluding hydrogens is 434 g/mol. The fraction of sp³-hybridized carbons (Fsp3) is 0.545. The Kier molecular flexibility index (Phi) is 9.52. The largest absolute Gasteiger partial charge is 0.480 e. The number of amides is 1. The molecule has 0 bridgehead atoms. The van der Waals surface area contributed by atoms with E-state index >= 15 is 0 Å². The van der Waals surface area contributed by atoms with Crippen molar-refractivity contribution in [3.8, 4) is 0 Å². The van der Waals surface area contributed by atoms with Crippen LogP contribution in [0.5, 0.6) is 0 Å². The minimum atomic E-state index is -3.75. The predicted molar refractivity (Wildman–Crippen MR) is 120 cm³/mol. The zero-order valence-electron chi connectivity index (χ0n) is 18.2. The highest BCUT2D eigenvalue weighted by Gasteiger charge is 2.39. The van der Waals surface area contributed by atoms with Crippen LogP contribution in [0, 0.1) is 5.41 Å². The highest BCUT2D eigenvalue weighted by molar-refractivity contribution is 7.88. The molecule has 1 aromatic rings. The van der Waals surface area contributed by atoms with Crippen molar-refractivity contribution in [3.05, 3.63) is 35.9 Å². The second-order valence-corrected chi connectivity index (χ2v) is 10.0. The van der Waals surface area contributed by atoms with Crippen LogP contribution in [0.2, 0.25) is 0 Å². The average Bonchev–Trinajstić information content (AvgIpc) is 3.22. The summed E-state index contributed by atoms with van der Waals surface area (Å²) in [7, 11) is -3.75. The first-order valence-electron chi connectivity index (χ1n) is 10.7. The van der Waals surface area contributed by atoms with Gasteiger partial charge in [-0.25, -0.2) is 13.2 Å². The number of carboxylic acids is 1. The molecule has 0 aromatic heterocycles. The Morgan fingerprint density at radius 1 is 1.19 bits per heavy atom. The van der Waals surface area contributed by atoms with Crippen LogP contribution in [0.15, 0.2) is 30.3 Å². The molecule has 1 aromatic carbocycles. The zero-order valence-corrected chi connectivity index (χ0v) is 19.1. The summed E-state index contributed by atoms with van der Waals surface area (Å²) in [5.74, 6) is -2.28. The van der Waals surface area contributed by atoms with Crippen LogP contribution in [0.4, 0.5) is 0 Å². The second kappa shape index (κ2) is 11.9. The molecule has 3 N–H and O–H groups in total. The van der Waals surface area contributed by atoms with Crippen molar-refractivity contribution in [3.63, 3.8) is 0 Å². The molecule has 32 heavy (non-hydrogen) atoms. The summed E-state index contributed by atoms with van der Waals surface area (Å²) in [6, 6.07) is 6.43. The highest BCUT2D eigenvalue weighted by atomic mass is 32.2. The third-order valence-electron chi connectivity index (χ3n) is 5.39. The maximum absolute atomic E-state index is 12.9. The molecule has 2 atom stereocenters. The van der Waals surface area contributed by atoms with Gasteiger partial charge in [0.25, 0.3) is 0 Å². The van der Waals surface area contributed by atoms with Gasteiger partial charge < -0.3 is 15.8 Å². The summed E-state index contributed by atoms with van der Waals surface area (Å²) in [6.07, 6.45) is 2.06. The number of nitrogens with zero attached hydrogens (tertiary/aromatic N) is 1. The first-order valence-corrected chi connectivity index (χ1v) is 12.3. The maximum Gasteiger partial charge on any atom is 0.326 e. The molecule has 1 saturated heterocycles. The number of sulfonamides is 1. The minimum absolute atomic E-state index is 0.00498. The Bertz CT molecular complexity index is 932. The summed E-state index contributed by atoms with van der Waals surface area (Å²) in [4.78, 5) is 36.4. The number of hydrogen-bond donors (Lipinski definition) is 3. The Balaban J connectivity index is 1.96. The minimum Gasteiger partial charge on any atom is -0.480 e. The highest BCUT2D eigenvalue weighted by Crippen LogP contribution is 2.24. The Morgan fingerprint density at radius 2 is 1.88 bits per heavy atom. The summed E-state index contributed by atoms with van der Waals surface area (Å²) in [5, 5.41) is 19.2. The van der Waals surface area contributed by atoms with E-state index in [4.69, 9.17) is 5.41 Å². The van der Waals surface area contributed by atoms with E-state index < -0.39 is 34.0 Å². The molecule has 1 heterocycles. The van der Waals surface area contributed by atoms with Crippen molar-refractivity contribution in [2.24, 2.45) is 0 Å². The molecule has 2 rings (SSSR count). The molecule has 0 radical (unpaired) electrons. The molecule has 9 nitrogen and oxygen atoms in total. The quantitative estimate of drug-likeness (QED) is 0.381. The average molecular weight is 466 g/mol. The van der Waals surface area contributed by atoms with E-state index in [0.717, 1.165) is 4.31 Å². The van der Waals surface area contributed by atoms with E-state index in [1.807, 2.05) is 0 Å². The molecule has 0 aliphatic carbocycles. The van der Waals surface area contributed by atoms with Crippen LogP contribution in [0.3, 0.4) is 0 Å². The number of aliphatic carboxylic acids is 1. The lowest BCUT2D eigenvalue weighted by atomic mass is 10.0. The van der Waals surface area contributed by atoms with Crippen molar-refractivity contribution in [1.82, 2.24) is 9.62 Å². The van der Waals surface area contributed by atoms with E-state index in [1.54, 1.807) is 37.3 Å². The fourth-order valence-corrected chi connectivity index (χ4v) is 5.48. The molecule has 2 unspecified atom stereocenters. The number of nitrogens with one attached hydrogen (secondary N) is 2. The SMILES string of the molecule is CC(=N)CCCC(=O)CCC(NC(=O)C1CCCN1S(=O)(=O)Cc1ccccc1)C(=O)O. The van der Waals surface area contributed by atoms with Gasteiger partial charge in [0.05, 0.1) is 5.75 Å². The maximum atomic E-state index is 12.9. The van der Waals surface area contributed by atoms with Crippen molar-refractivity contribution < 1.29 is 27.9 Å².